The van der Waals surface area contributed by atoms with Gasteiger partial charge in [0.15, 0.2) is 16.3 Å². The molecule has 196 valence electrons. The number of fused-ring (bicyclic) bond motifs is 2. The highest BCUT2D eigenvalue weighted by Crippen LogP contribution is 2.41. The van der Waals surface area contributed by atoms with Crippen molar-refractivity contribution in [2.24, 2.45) is 4.99 Å². The number of H-pyrrole nitrogens is 1. The van der Waals surface area contributed by atoms with Gasteiger partial charge in [-0.1, -0.05) is 45.5 Å². The summed E-state index contributed by atoms with van der Waals surface area (Å²) in [5.74, 6) is 0.518. The molecule has 0 saturated carbocycles. The average Bonchev–Trinajstić information content (AvgIpc) is 3.44. The second-order valence-corrected chi connectivity index (χ2v) is 10.4. The summed E-state index contributed by atoms with van der Waals surface area (Å²) in [6, 6.07) is 10.7. The SMILES string of the molecule is CCOC(=O)C1=C(C)N=c2s/c(=C/c3c[nH]c4ccccc34)c(=O)n2[C@H]1c1cc(OC)c(OCC)cc1Br. The average molecular weight is 597 g/mol. The van der Waals surface area contributed by atoms with E-state index in [-0.39, 0.29) is 12.2 Å². The van der Waals surface area contributed by atoms with Gasteiger partial charge in [0, 0.05) is 27.1 Å². The lowest BCUT2D eigenvalue weighted by molar-refractivity contribution is -0.139. The molecule has 0 unspecified atom stereocenters. The first-order chi connectivity index (χ1) is 18.4. The highest BCUT2D eigenvalue weighted by molar-refractivity contribution is 9.10. The zero-order valence-electron chi connectivity index (χ0n) is 21.3. The van der Waals surface area contributed by atoms with Crippen LogP contribution in [0.4, 0.5) is 0 Å². The third-order valence-electron chi connectivity index (χ3n) is 6.30. The number of methoxy groups -OCH3 is 1. The van der Waals surface area contributed by atoms with Crippen molar-refractivity contribution >= 4 is 50.2 Å². The highest BCUT2D eigenvalue weighted by atomic mass is 79.9. The summed E-state index contributed by atoms with van der Waals surface area (Å²) in [5.41, 5.74) is 3.07. The van der Waals surface area contributed by atoms with Crippen LogP contribution in [0.15, 0.2) is 68.1 Å². The third-order valence-corrected chi connectivity index (χ3v) is 7.97. The lowest BCUT2D eigenvalue weighted by Gasteiger charge is -2.26. The molecule has 2 aromatic carbocycles. The lowest BCUT2D eigenvalue weighted by atomic mass is 9.95. The van der Waals surface area contributed by atoms with Crippen molar-refractivity contribution in [2.45, 2.75) is 26.8 Å². The van der Waals surface area contributed by atoms with Crippen LogP contribution in [-0.4, -0.2) is 35.8 Å². The van der Waals surface area contributed by atoms with E-state index in [1.807, 2.05) is 43.5 Å². The number of halogens is 1. The lowest BCUT2D eigenvalue weighted by Crippen LogP contribution is -2.40. The summed E-state index contributed by atoms with van der Waals surface area (Å²) in [4.78, 5) is 35.6. The molecule has 38 heavy (non-hydrogen) atoms. The molecule has 0 aliphatic carbocycles. The number of benzene rings is 2. The molecule has 0 radical (unpaired) electrons. The van der Waals surface area contributed by atoms with Gasteiger partial charge in [0.05, 0.1) is 42.2 Å². The maximum Gasteiger partial charge on any atom is 0.338 e. The molecule has 4 aromatic rings. The van der Waals surface area contributed by atoms with Crippen LogP contribution >= 0.6 is 27.3 Å². The number of para-hydroxylation sites is 1. The first-order valence-corrected chi connectivity index (χ1v) is 13.7. The monoisotopic (exact) mass is 595 g/mol. The molecule has 1 N–H and O–H groups in total. The molecule has 3 heterocycles. The van der Waals surface area contributed by atoms with E-state index < -0.39 is 12.0 Å². The van der Waals surface area contributed by atoms with E-state index in [1.165, 1.54) is 11.3 Å². The van der Waals surface area contributed by atoms with Gasteiger partial charge in [0.2, 0.25) is 0 Å². The van der Waals surface area contributed by atoms with Crippen molar-refractivity contribution in [1.29, 1.82) is 0 Å². The molecule has 0 saturated heterocycles. The van der Waals surface area contributed by atoms with Gasteiger partial charge < -0.3 is 19.2 Å². The number of carbonyl (C=O) groups is 1. The fourth-order valence-corrected chi connectivity index (χ4v) is 6.21. The van der Waals surface area contributed by atoms with E-state index in [0.717, 1.165) is 16.5 Å². The maximum absolute atomic E-state index is 14.0. The predicted octanol–water partition coefficient (Wildman–Crippen LogP) is 4.45. The van der Waals surface area contributed by atoms with Gasteiger partial charge in [-0.25, -0.2) is 9.79 Å². The number of nitrogens with one attached hydrogen (secondary N) is 1. The molecule has 0 fully saturated rings. The number of nitrogens with zero attached hydrogens (tertiary/aromatic N) is 2. The molecule has 1 aliphatic rings. The Bertz CT molecular complexity index is 1770. The quantitative estimate of drug-likeness (QED) is 0.319. The highest BCUT2D eigenvalue weighted by Gasteiger charge is 2.35. The van der Waals surface area contributed by atoms with E-state index in [1.54, 1.807) is 37.7 Å². The van der Waals surface area contributed by atoms with Gasteiger partial charge in [0.25, 0.3) is 5.56 Å². The van der Waals surface area contributed by atoms with Crippen LogP contribution in [0.2, 0.25) is 0 Å². The van der Waals surface area contributed by atoms with E-state index >= 15 is 0 Å². The van der Waals surface area contributed by atoms with Gasteiger partial charge in [0.1, 0.15) is 0 Å². The van der Waals surface area contributed by atoms with Crippen molar-refractivity contribution in [3.05, 3.63) is 89.2 Å². The molecule has 8 nitrogen and oxygen atoms in total. The van der Waals surface area contributed by atoms with E-state index in [9.17, 15) is 9.59 Å². The Labute approximate surface area is 231 Å². The molecule has 0 amide bonds. The number of aromatic amines is 1. The predicted molar refractivity (Wildman–Crippen MR) is 151 cm³/mol. The number of allylic oxidation sites excluding steroid dienone is 1. The Hall–Kier alpha value is -3.63. The van der Waals surface area contributed by atoms with Crippen LogP contribution < -0.4 is 24.4 Å². The Morgan fingerprint density at radius 1 is 1.21 bits per heavy atom. The van der Waals surface area contributed by atoms with Crippen molar-refractivity contribution in [1.82, 2.24) is 9.55 Å². The third kappa shape index (κ3) is 4.48. The van der Waals surface area contributed by atoms with Crippen LogP contribution in [0.3, 0.4) is 0 Å². The summed E-state index contributed by atoms with van der Waals surface area (Å²) in [6.45, 7) is 6.04. The number of hydrogen-bond donors (Lipinski definition) is 1. The number of ether oxygens (including phenoxy) is 3. The minimum Gasteiger partial charge on any atom is -0.493 e. The van der Waals surface area contributed by atoms with Crippen LogP contribution in [0.5, 0.6) is 11.5 Å². The Morgan fingerprint density at radius 3 is 2.74 bits per heavy atom. The van der Waals surface area contributed by atoms with Crippen LogP contribution in [-0.2, 0) is 9.53 Å². The maximum atomic E-state index is 14.0. The van der Waals surface area contributed by atoms with Gasteiger partial charge in [-0.05, 0) is 50.6 Å². The molecule has 1 aliphatic heterocycles. The van der Waals surface area contributed by atoms with E-state index in [2.05, 4.69) is 25.9 Å². The van der Waals surface area contributed by atoms with Crippen molar-refractivity contribution in [3.63, 3.8) is 0 Å². The largest absolute Gasteiger partial charge is 0.493 e. The molecule has 10 heteroatoms. The minimum absolute atomic E-state index is 0.196. The minimum atomic E-state index is -0.783. The zero-order valence-corrected chi connectivity index (χ0v) is 23.7. The number of esters is 1. The zero-order chi connectivity index (χ0) is 27.0. The molecule has 2 aromatic heterocycles. The van der Waals surface area contributed by atoms with Crippen LogP contribution in [0.1, 0.15) is 37.9 Å². The molecule has 0 bridgehead atoms. The number of thiazole rings is 1. The Balaban J connectivity index is 1.76. The molecular weight excluding hydrogens is 570 g/mol. The number of rotatable bonds is 7. The summed E-state index contributed by atoms with van der Waals surface area (Å²) >= 11 is 4.93. The van der Waals surface area contributed by atoms with Crippen LogP contribution in [0, 0.1) is 0 Å². The Morgan fingerprint density at radius 2 is 2.00 bits per heavy atom. The second-order valence-electron chi connectivity index (χ2n) is 8.55. The molecule has 0 spiro atoms. The van der Waals surface area contributed by atoms with Crippen molar-refractivity contribution in [3.8, 4) is 11.5 Å². The second kappa shape index (κ2) is 10.6. The van der Waals surface area contributed by atoms with Gasteiger partial charge in [-0.3, -0.25) is 9.36 Å². The topological polar surface area (TPSA) is 94.9 Å². The number of aromatic nitrogens is 2. The van der Waals surface area contributed by atoms with Gasteiger partial charge >= 0.3 is 5.97 Å². The number of carbonyl (C=O) groups excluding carboxylic acids is 1. The summed E-state index contributed by atoms with van der Waals surface area (Å²) in [5, 5.41) is 1.01. The van der Waals surface area contributed by atoms with Gasteiger partial charge in [-0.15, -0.1) is 0 Å². The van der Waals surface area contributed by atoms with Gasteiger partial charge in [-0.2, -0.15) is 0 Å². The first-order valence-electron chi connectivity index (χ1n) is 12.1. The summed E-state index contributed by atoms with van der Waals surface area (Å²) in [6.07, 6.45) is 3.74. The van der Waals surface area contributed by atoms with Crippen molar-refractivity contribution in [2.75, 3.05) is 20.3 Å². The smallest absolute Gasteiger partial charge is 0.338 e. The Kier molecular flexibility index (Phi) is 7.27. The standard InChI is InChI=1S/C28H26BrN3O5S/c1-5-36-22-13-19(29)18(12-21(22)35-4)25-24(27(34)37-6-2)15(3)31-28-32(25)26(33)23(38-28)11-16-14-30-20-10-8-7-9-17(16)20/h7-14,25,30H,5-6H2,1-4H3/b23-11+/t25-/m0/s1. The van der Waals surface area contributed by atoms with E-state index in [4.69, 9.17) is 14.2 Å². The first kappa shape index (κ1) is 26.0. The fourth-order valence-electron chi connectivity index (χ4n) is 4.63. The fraction of sp³-hybridized carbons (Fsp3) is 0.250. The molecule has 5 rings (SSSR count). The summed E-state index contributed by atoms with van der Waals surface area (Å²) < 4.78 is 19.4. The number of hydrogen-bond acceptors (Lipinski definition) is 7. The molecular formula is C28H26BrN3O5S. The normalized spacial score (nSPS) is 15.4. The van der Waals surface area contributed by atoms with E-state index in [0.29, 0.717) is 48.7 Å². The van der Waals surface area contributed by atoms with Crippen molar-refractivity contribution < 1.29 is 19.0 Å². The van der Waals surface area contributed by atoms with Crippen LogP contribution in [0.25, 0.3) is 17.0 Å². The molecule has 1 atom stereocenters. The summed E-state index contributed by atoms with van der Waals surface area (Å²) in [7, 11) is 1.55.